The van der Waals surface area contributed by atoms with E-state index in [1.165, 1.54) is 0 Å². The quantitative estimate of drug-likeness (QED) is 0.829. The molecule has 8 heteroatoms. The molecule has 2 aromatic rings. The zero-order valence-corrected chi connectivity index (χ0v) is 12.1. The van der Waals surface area contributed by atoms with Gasteiger partial charge < -0.3 is 5.32 Å². The number of alkyl halides is 3. The Labute approximate surface area is 133 Å². The van der Waals surface area contributed by atoms with E-state index in [1.54, 1.807) is 0 Å². The Bertz CT molecular complexity index is 736. The van der Waals surface area contributed by atoms with Crippen molar-refractivity contribution in [2.24, 2.45) is 0 Å². The summed E-state index contributed by atoms with van der Waals surface area (Å²) in [4.78, 5) is 11.8. The minimum absolute atomic E-state index is 0.0551. The summed E-state index contributed by atoms with van der Waals surface area (Å²) in [6.45, 7) is -0.0551. The molecule has 1 amide bonds. The van der Waals surface area contributed by atoms with Crippen LogP contribution in [0.4, 0.5) is 26.3 Å². The van der Waals surface area contributed by atoms with Gasteiger partial charge in [-0.2, -0.15) is 13.2 Å². The van der Waals surface area contributed by atoms with Gasteiger partial charge >= 0.3 is 6.18 Å². The van der Waals surface area contributed by atoms with E-state index in [0.29, 0.717) is 18.2 Å². The summed E-state index contributed by atoms with van der Waals surface area (Å²) in [5, 5.41) is 2.31. The summed E-state index contributed by atoms with van der Waals surface area (Å²) in [6.07, 6.45) is -4.84. The number of rotatable bonds is 4. The van der Waals surface area contributed by atoms with Gasteiger partial charge in [-0.15, -0.1) is 0 Å². The van der Waals surface area contributed by atoms with Gasteiger partial charge in [0, 0.05) is 18.2 Å². The van der Waals surface area contributed by atoms with E-state index in [1.807, 2.05) is 0 Å². The Morgan fingerprint density at radius 1 is 0.958 bits per heavy atom. The molecule has 0 heterocycles. The summed E-state index contributed by atoms with van der Waals surface area (Å²) in [5.41, 5.74) is -1.63. The Morgan fingerprint density at radius 3 is 2.17 bits per heavy atom. The average molecular weight is 347 g/mol. The third-order valence-electron chi connectivity index (χ3n) is 3.16. The molecule has 0 aliphatic carbocycles. The maximum Gasteiger partial charge on any atom is 0.419 e. The Kier molecular flexibility index (Phi) is 5.16. The summed E-state index contributed by atoms with van der Waals surface area (Å²) >= 11 is 0. The van der Waals surface area contributed by atoms with Crippen molar-refractivity contribution < 1.29 is 31.1 Å². The summed E-state index contributed by atoms with van der Waals surface area (Å²) in [5.74, 6) is -3.87. The van der Waals surface area contributed by atoms with Crippen LogP contribution in [0.5, 0.6) is 0 Å². The van der Waals surface area contributed by atoms with E-state index in [9.17, 15) is 31.1 Å². The fourth-order valence-electron chi connectivity index (χ4n) is 2.06. The van der Waals surface area contributed by atoms with Crippen LogP contribution in [-0.2, 0) is 12.6 Å². The number of hydrogen-bond acceptors (Lipinski definition) is 1. The van der Waals surface area contributed by atoms with Crippen LogP contribution in [0.25, 0.3) is 0 Å². The number of halogens is 6. The van der Waals surface area contributed by atoms with Gasteiger partial charge in [0.1, 0.15) is 17.5 Å². The fourth-order valence-corrected chi connectivity index (χ4v) is 2.06. The number of amides is 1. The molecule has 0 fully saturated rings. The molecule has 1 N–H and O–H groups in total. The highest BCUT2D eigenvalue weighted by atomic mass is 19.4. The lowest BCUT2D eigenvalue weighted by atomic mass is 10.1. The number of hydrogen-bond donors (Lipinski definition) is 1. The highest BCUT2D eigenvalue weighted by Gasteiger charge is 2.34. The van der Waals surface area contributed by atoms with Crippen molar-refractivity contribution in [3.05, 3.63) is 70.5 Å². The third kappa shape index (κ3) is 4.50. The highest BCUT2D eigenvalue weighted by molar-refractivity contribution is 5.94. The second-order valence-electron chi connectivity index (χ2n) is 4.98. The first-order valence-corrected chi connectivity index (χ1v) is 6.77. The molecule has 0 radical (unpaired) electrons. The van der Waals surface area contributed by atoms with Crippen molar-refractivity contribution in [1.82, 2.24) is 5.32 Å². The van der Waals surface area contributed by atoms with Crippen molar-refractivity contribution in [3.8, 4) is 0 Å². The van der Waals surface area contributed by atoms with Crippen LogP contribution in [-0.4, -0.2) is 12.5 Å². The monoisotopic (exact) mass is 347 g/mol. The van der Waals surface area contributed by atoms with Crippen molar-refractivity contribution in [2.75, 3.05) is 6.54 Å². The van der Waals surface area contributed by atoms with Crippen LogP contribution in [0.3, 0.4) is 0 Å². The molecule has 0 spiro atoms. The van der Waals surface area contributed by atoms with Crippen LogP contribution >= 0.6 is 0 Å². The molecule has 0 unspecified atom stereocenters. The maximum absolute atomic E-state index is 13.2. The van der Waals surface area contributed by atoms with E-state index < -0.39 is 35.1 Å². The van der Waals surface area contributed by atoms with E-state index in [0.717, 1.165) is 18.2 Å². The molecule has 0 aliphatic rings. The zero-order valence-electron chi connectivity index (χ0n) is 12.1. The van der Waals surface area contributed by atoms with Crippen LogP contribution in [0, 0.1) is 17.5 Å². The highest BCUT2D eigenvalue weighted by Crippen LogP contribution is 2.31. The van der Waals surface area contributed by atoms with Gasteiger partial charge in [0.15, 0.2) is 0 Å². The van der Waals surface area contributed by atoms with E-state index in [4.69, 9.17) is 0 Å². The summed E-state index contributed by atoms with van der Waals surface area (Å²) in [6, 6.07) is 4.73. The minimum atomic E-state index is -4.92. The van der Waals surface area contributed by atoms with Crippen LogP contribution in [0.2, 0.25) is 0 Å². The van der Waals surface area contributed by atoms with Gasteiger partial charge in [0.25, 0.3) is 5.91 Å². The summed E-state index contributed by atoms with van der Waals surface area (Å²) in [7, 11) is 0. The lowest BCUT2D eigenvalue weighted by Crippen LogP contribution is -2.26. The number of benzene rings is 2. The smallest absolute Gasteiger partial charge is 0.352 e. The second-order valence-corrected chi connectivity index (χ2v) is 4.98. The Hall–Kier alpha value is -2.51. The second kappa shape index (κ2) is 6.94. The molecule has 24 heavy (non-hydrogen) atoms. The predicted octanol–water partition coefficient (Wildman–Crippen LogP) is 4.10. The SMILES string of the molecule is O=C(NCCc1cc(F)cc(F)c1)c1ccc(F)c(C(F)(F)F)c1. The van der Waals surface area contributed by atoms with Crippen molar-refractivity contribution in [1.29, 1.82) is 0 Å². The van der Waals surface area contributed by atoms with Gasteiger partial charge in [-0.1, -0.05) is 0 Å². The molecular formula is C16H11F6NO. The van der Waals surface area contributed by atoms with Crippen LogP contribution < -0.4 is 5.32 Å². The van der Waals surface area contributed by atoms with Crippen LogP contribution in [0.1, 0.15) is 21.5 Å². The fraction of sp³-hybridized carbons (Fsp3) is 0.188. The van der Waals surface area contributed by atoms with E-state index in [2.05, 4.69) is 5.32 Å². The Morgan fingerprint density at radius 2 is 1.58 bits per heavy atom. The third-order valence-corrected chi connectivity index (χ3v) is 3.16. The molecule has 2 aromatic carbocycles. The van der Waals surface area contributed by atoms with Crippen molar-refractivity contribution in [3.63, 3.8) is 0 Å². The number of carbonyl (C=O) groups is 1. The molecule has 0 saturated carbocycles. The molecule has 0 saturated heterocycles. The molecule has 0 aliphatic heterocycles. The molecule has 0 bridgehead atoms. The Balaban J connectivity index is 2.02. The largest absolute Gasteiger partial charge is 0.419 e. The van der Waals surface area contributed by atoms with Gasteiger partial charge in [-0.3, -0.25) is 4.79 Å². The molecular weight excluding hydrogens is 336 g/mol. The van der Waals surface area contributed by atoms with Gasteiger partial charge in [0.2, 0.25) is 0 Å². The first-order chi connectivity index (χ1) is 11.2. The maximum atomic E-state index is 13.2. The van der Waals surface area contributed by atoms with Gasteiger partial charge in [-0.25, -0.2) is 13.2 Å². The first-order valence-electron chi connectivity index (χ1n) is 6.77. The van der Waals surface area contributed by atoms with Gasteiger partial charge in [-0.05, 0) is 42.3 Å². The lowest BCUT2D eigenvalue weighted by molar-refractivity contribution is -0.140. The number of nitrogens with one attached hydrogen (secondary N) is 1. The molecule has 0 atom stereocenters. The van der Waals surface area contributed by atoms with Gasteiger partial charge in [0.05, 0.1) is 5.56 Å². The molecule has 2 nitrogen and oxygen atoms in total. The zero-order chi connectivity index (χ0) is 17.9. The lowest BCUT2D eigenvalue weighted by Gasteiger charge is -2.10. The van der Waals surface area contributed by atoms with Crippen molar-refractivity contribution in [2.45, 2.75) is 12.6 Å². The predicted molar refractivity (Wildman–Crippen MR) is 73.8 cm³/mol. The molecule has 2 rings (SSSR count). The normalized spacial score (nSPS) is 11.4. The summed E-state index contributed by atoms with van der Waals surface area (Å²) < 4.78 is 77.0. The first kappa shape index (κ1) is 17.8. The minimum Gasteiger partial charge on any atom is -0.352 e. The topological polar surface area (TPSA) is 29.1 Å². The molecule has 0 aromatic heterocycles. The van der Waals surface area contributed by atoms with Crippen LogP contribution in [0.15, 0.2) is 36.4 Å². The van der Waals surface area contributed by atoms with E-state index >= 15 is 0 Å². The molecule has 128 valence electrons. The number of carbonyl (C=O) groups excluding carboxylic acids is 1. The van der Waals surface area contributed by atoms with E-state index in [-0.39, 0.29) is 24.1 Å². The van der Waals surface area contributed by atoms with Crippen molar-refractivity contribution >= 4 is 5.91 Å². The standard InChI is InChI=1S/C16H11F6NO/c17-11-5-9(6-12(18)8-11)3-4-23-15(24)10-1-2-14(19)13(7-10)16(20,21)22/h1-2,5-8H,3-4H2,(H,23,24). The average Bonchev–Trinajstić information content (AvgIpc) is 2.45.